The van der Waals surface area contributed by atoms with E-state index in [0.717, 1.165) is 20.3 Å². The Kier molecular flexibility index (Phi) is 5.20. The quantitative estimate of drug-likeness (QED) is 0.498. The van der Waals surface area contributed by atoms with Crippen molar-refractivity contribution < 1.29 is 28.2 Å². The summed E-state index contributed by atoms with van der Waals surface area (Å²) in [6.07, 6.45) is 0.876. The Labute approximate surface area is 136 Å². The average Bonchev–Trinajstić information content (AvgIpc) is 2.60. The van der Waals surface area contributed by atoms with Crippen LogP contribution in [-0.2, 0) is 19.1 Å². The van der Waals surface area contributed by atoms with Crippen LogP contribution in [0.25, 0.3) is 11.0 Å². The van der Waals surface area contributed by atoms with Crippen molar-refractivity contribution in [3.8, 4) is 5.75 Å². The lowest BCUT2D eigenvalue weighted by atomic mass is 10.2. The fraction of sp³-hybridized carbons (Fsp3) is 0.188. The van der Waals surface area contributed by atoms with Crippen molar-refractivity contribution in [1.82, 2.24) is 0 Å². The minimum absolute atomic E-state index is 0.0451. The molecule has 1 aromatic heterocycles. The summed E-state index contributed by atoms with van der Waals surface area (Å²) in [6, 6.07) is 6.54. The summed E-state index contributed by atoms with van der Waals surface area (Å²) in [6.45, 7) is 0. The zero-order valence-corrected chi connectivity index (χ0v) is 13.2. The molecule has 0 amide bonds. The number of fused-ring (bicyclic) bond motifs is 1. The molecule has 2 aromatic rings. The van der Waals surface area contributed by atoms with E-state index in [4.69, 9.17) is 9.15 Å². The smallest absolute Gasteiger partial charge is 0.360 e. The van der Waals surface area contributed by atoms with E-state index in [2.05, 4.69) is 14.8 Å². The third-order valence-electron chi connectivity index (χ3n) is 3.08. The molecule has 1 heterocycles. The van der Waals surface area contributed by atoms with Gasteiger partial charge in [-0.1, -0.05) is 12.1 Å². The summed E-state index contributed by atoms with van der Waals surface area (Å²) in [5, 5.41) is 3.10. The van der Waals surface area contributed by atoms with E-state index in [9.17, 15) is 14.4 Å². The molecule has 126 valence electrons. The second-order valence-electron chi connectivity index (χ2n) is 4.52. The highest BCUT2D eigenvalue weighted by Gasteiger charge is 2.16. The molecule has 0 saturated heterocycles. The SMILES string of the molecule is COC(=O)/C=C(\Nc1cc2cccc(OC)c2oc1=O)C(=O)OC. The molecule has 8 heteroatoms. The molecule has 0 unspecified atom stereocenters. The number of para-hydroxylation sites is 1. The van der Waals surface area contributed by atoms with E-state index in [1.54, 1.807) is 18.2 Å². The number of anilines is 1. The number of carbonyl (C=O) groups excluding carboxylic acids is 2. The molecule has 0 atom stereocenters. The van der Waals surface area contributed by atoms with Crippen molar-refractivity contribution in [2.75, 3.05) is 26.6 Å². The second-order valence-corrected chi connectivity index (χ2v) is 4.52. The Morgan fingerprint density at radius 2 is 1.92 bits per heavy atom. The number of nitrogens with one attached hydrogen (secondary N) is 1. The Morgan fingerprint density at radius 3 is 2.54 bits per heavy atom. The average molecular weight is 333 g/mol. The maximum atomic E-state index is 12.1. The fourth-order valence-electron chi connectivity index (χ4n) is 1.94. The largest absolute Gasteiger partial charge is 0.493 e. The highest BCUT2D eigenvalue weighted by Crippen LogP contribution is 2.25. The lowest BCUT2D eigenvalue weighted by molar-refractivity contribution is -0.138. The standard InChI is InChI=1S/C16H15NO7/c1-21-12-6-4-5-9-7-10(16(20)24-14(9)12)17-11(15(19)23-3)8-13(18)22-2/h4-8,17H,1-3H3/b11-8-. The van der Waals surface area contributed by atoms with Gasteiger partial charge < -0.3 is 23.9 Å². The zero-order valence-electron chi connectivity index (χ0n) is 13.2. The lowest BCUT2D eigenvalue weighted by Crippen LogP contribution is -2.19. The lowest BCUT2D eigenvalue weighted by Gasteiger charge is -2.09. The van der Waals surface area contributed by atoms with Gasteiger partial charge in [-0.25, -0.2) is 14.4 Å². The van der Waals surface area contributed by atoms with Gasteiger partial charge in [0, 0.05) is 5.39 Å². The van der Waals surface area contributed by atoms with Gasteiger partial charge in [-0.15, -0.1) is 0 Å². The van der Waals surface area contributed by atoms with Crippen LogP contribution in [0.4, 0.5) is 5.69 Å². The van der Waals surface area contributed by atoms with Gasteiger partial charge in [0.25, 0.3) is 0 Å². The van der Waals surface area contributed by atoms with Gasteiger partial charge >= 0.3 is 17.6 Å². The van der Waals surface area contributed by atoms with Gasteiger partial charge in [-0.05, 0) is 12.1 Å². The molecule has 1 N–H and O–H groups in total. The number of benzene rings is 1. The summed E-state index contributed by atoms with van der Waals surface area (Å²) in [5.74, 6) is -1.23. The van der Waals surface area contributed by atoms with Gasteiger partial charge in [-0.2, -0.15) is 0 Å². The summed E-state index contributed by atoms with van der Waals surface area (Å²) in [4.78, 5) is 35.2. The number of methoxy groups -OCH3 is 3. The molecular weight excluding hydrogens is 318 g/mol. The molecule has 0 spiro atoms. The number of rotatable bonds is 5. The first-order valence-electron chi connectivity index (χ1n) is 6.76. The van der Waals surface area contributed by atoms with E-state index < -0.39 is 17.6 Å². The third kappa shape index (κ3) is 3.54. The van der Waals surface area contributed by atoms with Gasteiger partial charge in [0.2, 0.25) is 0 Å². The number of hydrogen-bond donors (Lipinski definition) is 1. The van der Waals surface area contributed by atoms with E-state index in [0.29, 0.717) is 11.1 Å². The molecule has 0 fully saturated rings. The number of carbonyl (C=O) groups is 2. The highest BCUT2D eigenvalue weighted by atomic mass is 16.5. The van der Waals surface area contributed by atoms with Gasteiger partial charge in [-0.3, -0.25) is 0 Å². The molecular formula is C16H15NO7. The van der Waals surface area contributed by atoms with Crippen molar-refractivity contribution in [2.45, 2.75) is 0 Å². The van der Waals surface area contributed by atoms with Gasteiger partial charge in [0.05, 0.1) is 27.4 Å². The maximum Gasteiger partial charge on any atom is 0.360 e. The van der Waals surface area contributed by atoms with Crippen LogP contribution in [0.1, 0.15) is 0 Å². The molecule has 0 aliphatic carbocycles. The van der Waals surface area contributed by atoms with E-state index in [1.165, 1.54) is 13.2 Å². The van der Waals surface area contributed by atoms with Crippen molar-refractivity contribution in [1.29, 1.82) is 0 Å². The minimum atomic E-state index is -0.842. The first kappa shape index (κ1) is 17.1. The fourth-order valence-corrected chi connectivity index (χ4v) is 1.94. The molecule has 24 heavy (non-hydrogen) atoms. The van der Waals surface area contributed by atoms with Crippen LogP contribution >= 0.6 is 0 Å². The summed E-state index contributed by atoms with van der Waals surface area (Å²) in [5.41, 5.74) is -0.783. The van der Waals surface area contributed by atoms with Crippen LogP contribution in [0.5, 0.6) is 5.75 Å². The maximum absolute atomic E-state index is 12.1. The third-order valence-corrected chi connectivity index (χ3v) is 3.08. The van der Waals surface area contributed by atoms with Crippen LogP contribution < -0.4 is 15.7 Å². The number of esters is 2. The van der Waals surface area contributed by atoms with Crippen LogP contribution in [0.2, 0.25) is 0 Å². The van der Waals surface area contributed by atoms with E-state index in [-0.39, 0.29) is 17.0 Å². The molecule has 1 aromatic carbocycles. The van der Waals surface area contributed by atoms with E-state index in [1.807, 2.05) is 0 Å². The van der Waals surface area contributed by atoms with Crippen LogP contribution in [-0.4, -0.2) is 33.3 Å². The summed E-state index contributed by atoms with van der Waals surface area (Å²) >= 11 is 0. The monoisotopic (exact) mass is 333 g/mol. The number of hydrogen-bond acceptors (Lipinski definition) is 8. The molecule has 0 aliphatic rings. The molecule has 8 nitrogen and oxygen atoms in total. The topological polar surface area (TPSA) is 104 Å². The molecule has 0 radical (unpaired) electrons. The van der Waals surface area contributed by atoms with Crippen LogP contribution in [0.3, 0.4) is 0 Å². The van der Waals surface area contributed by atoms with Crippen LogP contribution in [0, 0.1) is 0 Å². The van der Waals surface area contributed by atoms with Gasteiger partial charge in [0.15, 0.2) is 11.3 Å². The summed E-state index contributed by atoms with van der Waals surface area (Å²) < 4.78 is 19.4. The minimum Gasteiger partial charge on any atom is -0.493 e. The molecule has 0 aliphatic heterocycles. The Balaban J connectivity index is 2.49. The normalized spacial score (nSPS) is 11.0. The van der Waals surface area contributed by atoms with Crippen molar-refractivity contribution in [3.05, 3.63) is 46.5 Å². The second kappa shape index (κ2) is 7.32. The predicted molar refractivity (Wildman–Crippen MR) is 84.8 cm³/mol. The zero-order chi connectivity index (χ0) is 17.7. The Hall–Kier alpha value is -3.29. The molecule has 2 rings (SSSR count). The van der Waals surface area contributed by atoms with Crippen LogP contribution in [0.15, 0.2) is 45.3 Å². The molecule has 0 saturated carbocycles. The number of ether oxygens (including phenoxy) is 3. The first-order valence-corrected chi connectivity index (χ1v) is 6.76. The van der Waals surface area contributed by atoms with Gasteiger partial charge in [0.1, 0.15) is 11.4 Å². The van der Waals surface area contributed by atoms with Crippen molar-refractivity contribution in [2.24, 2.45) is 0 Å². The first-order chi connectivity index (χ1) is 11.5. The van der Waals surface area contributed by atoms with Crippen molar-refractivity contribution in [3.63, 3.8) is 0 Å². The Bertz CT molecular complexity index is 866. The summed E-state index contributed by atoms with van der Waals surface area (Å²) in [7, 11) is 3.75. The van der Waals surface area contributed by atoms with Crippen molar-refractivity contribution >= 4 is 28.6 Å². The van der Waals surface area contributed by atoms with E-state index >= 15 is 0 Å². The predicted octanol–water partition coefficient (Wildman–Crippen LogP) is 1.44. The highest BCUT2D eigenvalue weighted by molar-refractivity contribution is 5.99. The molecule has 0 bridgehead atoms. The Morgan fingerprint density at radius 1 is 1.17 bits per heavy atom.